The first kappa shape index (κ1) is 16.3. The Kier molecular flexibility index (Phi) is 4.74. The molecule has 5 heteroatoms. The van der Waals surface area contributed by atoms with Crippen molar-refractivity contribution in [2.24, 2.45) is 0 Å². The van der Waals surface area contributed by atoms with Crippen molar-refractivity contribution in [3.8, 4) is 0 Å². The number of ether oxygens (including phenoxy) is 1. The molecule has 0 bridgehead atoms. The second-order valence-electron chi connectivity index (χ2n) is 6.75. The Labute approximate surface area is 131 Å². The van der Waals surface area contributed by atoms with Gasteiger partial charge < -0.3 is 15.0 Å². The van der Waals surface area contributed by atoms with E-state index in [1.54, 1.807) is 11.0 Å². The Hall–Kier alpha value is -2.04. The van der Waals surface area contributed by atoms with Crippen molar-refractivity contribution in [3.05, 3.63) is 35.4 Å². The number of hydrogen-bond donors (Lipinski definition) is 1. The first-order chi connectivity index (χ1) is 10.2. The van der Waals surface area contributed by atoms with Crippen molar-refractivity contribution in [1.29, 1.82) is 0 Å². The molecule has 0 aliphatic carbocycles. The van der Waals surface area contributed by atoms with Gasteiger partial charge in [0.2, 0.25) is 0 Å². The quantitative estimate of drug-likeness (QED) is 0.914. The maximum atomic E-state index is 12.2. The molecule has 1 heterocycles. The minimum Gasteiger partial charge on any atom is -0.444 e. The van der Waals surface area contributed by atoms with Crippen molar-refractivity contribution in [1.82, 2.24) is 10.2 Å². The van der Waals surface area contributed by atoms with Gasteiger partial charge in [0.25, 0.3) is 5.91 Å². The largest absolute Gasteiger partial charge is 0.444 e. The standard InChI is InChI=1S/C17H24N2O3/c1-12-6-5-7-13(10-12)15(20)18-14-8-9-19(11-14)16(21)22-17(2,3)4/h5-7,10,14H,8-9,11H2,1-4H3,(H,18,20). The van der Waals surface area contributed by atoms with Crippen LogP contribution in [0.4, 0.5) is 4.79 Å². The molecule has 120 valence electrons. The van der Waals surface area contributed by atoms with Crippen LogP contribution in [0, 0.1) is 6.92 Å². The summed E-state index contributed by atoms with van der Waals surface area (Å²) in [5, 5.41) is 2.98. The Bertz CT molecular complexity index is 563. The van der Waals surface area contributed by atoms with Crippen LogP contribution in [0.1, 0.15) is 43.1 Å². The second-order valence-corrected chi connectivity index (χ2v) is 6.75. The molecule has 1 atom stereocenters. The van der Waals surface area contributed by atoms with E-state index in [0.29, 0.717) is 18.7 Å². The van der Waals surface area contributed by atoms with Crippen LogP contribution in [0.3, 0.4) is 0 Å². The highest BCUT2D eigenvalue weighted by atomic mass is 16.6. The van der Waals surface area contributed by atoms with E-state index in [-0.39, 0.29) is 18.0 Å². The van der Waals surface area contributed by atoms with Crippen LogP contribution in [0.5, 0.6) is 0 Å². The minimum absolute atomic E-state index is 0.0273. The number of rotatable bonds is 2. The van der Waals surface area contributed by atoms with E-state index in [1.807, 2.05) is 45.9 Å². The van der Waals surface area contributed by atoms with E-state index >= 15 is 0 Å². The Morgan fingerprint density at radius 3 is 2.68 bits per heavy atom. The fourth-order valence-corrected chi connectivity index (χ4v) is 2.43. The number of carbonyl (C=O) groups excluding carboxylic acids is 2. The van der Waals surface area contributed by atoms with Crippen molar-refractivity contribution in [3.63, 3.8) is 0 Å². The molecule has 1 aliphatic rings. The molecule has 0 saturated carbocycles. The van der Waals surface area contributed by atoms with Crippen LogP contribution in [-0.4, -0.2) is 41.6 Å². The van der Waals surface area contributed by atoms with E-state index in [4.69, 9.17) is 4.74 Å². The van der Waals surface area contributed by atoms with Gasteiger partial charge in [-0.1, -0.05) is 17.7 Å². The summed E-state index contributed by atoms with van der Waals surface area (Å²) in [6.07, 6.45) is 0.427. The third kappa shape index (κ3) is 4.48. The smallest absolute Gasteiger partial charge is 0.410 e. The Balaban J connectivity index is 1.88. The molecular weight excluding hydrogens is 280 g/mol. The lowest BCUT2D eigenvalue weighted by Crippen LogP contribution is -2.40. The van der Waals surface area contributed by atoms with Crippen LogP contribution >= 0.6 is 0 Å². The summed E-state index contributed by atoms with van der Waals surface area (Å²) in [5.41, 5.74) is 1.20. The number of amides is 2. The van der Waals surface area contributed by atoms with Crippen molar-refractivity contribution in [2.75, 3.05) is 13.1 Å². The second kappa shape index (κ2) is 6.38. The summed E-state index contributed by atoms with van der Waals surface area (Å²) in [7, 11) is 0. The molecular formula is C17H24N2O3. The number of likely N-dealkylation sites (tertiary alicyclic amines) is 1. The molecule has 2 rings (SSSR count). The fraction of sp³-hybridized carbons (Fsp3) is 0.529. The van der Waals surface area contributed by atoms with Crippen LogP contribution < -0.4 is 5.32 Å². The molecule has 1 N–H and O–H groups in total. The molecule has 1 fully saturated rings. The van der Waals surface area contributed by atoms with Gasteiger partial charge in [-0.25, -0.2) is 4.79 Å². The Morgan fingerprint density at radius 2 is 2.05 bits per heavy atom. The van der Waals surface area contributed by atoms with Gasteiger partial charge in [-0.3, -0.25) is 4.79 Å². The predicted octanol–water partition coefficient (Wildman–Crippen LogP) is 2.73. The summed E-state index contributed by atoms with van der Waals surface area (Å²) in [4.78, 5) is 25.9. The molecule has 1 aromatic rings. The lowest BCUT2D eigenvalue weighted by atomic mass is 10.1. The fourth-order valence-electron chi connectivity index (χ4n) is 2.43. The first-order valence-electron chi connectivity index (χ1n) is 7.60. The molecule has 1 aliphatic heterocycles. The zero-order valence-corrected chi connectivity index (χ0v) is 13.7. The molecule has 0 aromatic heterocycles. The van der Waals surface area contributed by atoms with Crippen molar-refractivity contribution >= 4 is 12.0 Å². The van der Waals surface area contributed by atoms with Crippen LogP contribution in [0.15, 0.2) is 24.3 Å². The van der Waals surface area contributed by atoms with Gasteiger partial charge in [-0.2, -0.15) is 0 Å². The SMILES string of the molecule is Cc1cccc(C(=O)NC2CCN(C(=O)OC(C)(C)C)C2)c1. The van der Waals surface area contributed by atoms with E-state index in [1.165, 1.54) is 0 Å². The number of aryl methyl sites for hydroxylation is 1. The van der Waals surface area contributed by atoms with Crippen molar-refractivity contribution < 1.29 is 14.3 Å². The average molecular weight is 304 g/mol. The highest BCUT2D eigenvalue weighted by Crippen LogP contribution is 2.16. The summed E-state index contributed by atoms with van der Waals surface area (Å²) in [5.74, 6) is -0.0975. The minimum atomic E-state index is -0.500. The van der Waals surface area contributed by atoms with Gasteiger partial charge in [0.1, 0.15) is 5.60 Å². The van der Waals surface area contributed by atoms with Crippen LogP contribution in [0.25, 0.3) is 0 Å². The number of nitrogens with one attached hydrogen (secondary N) is 1. The van der Waals surface area contributed by atoms with Gasteiger partial charge in [-0.05, 0) is 46.2 Å². The number of carbonyl (C=O) groups is 2. The third-order valence-corrected chi connectivity index (χ3v) is 3.46. The van der Waals surface area contributed by atoms with E-state index in [0.717, 1.165) is 12.0 Å². The van der Waals surface area contributed by atoms with E-state index in [2.05, 4.69) is 5.32 Å². The van der Waals surface area contributed by atoms with Gasteiger partial charge in [0.05, 0.1) is 0 Å². The highest BCUT2D eigenvalue weighted by molar-refractivity contribution is 5.94. The summed E-state index contributed by atoms with van der Waals surface area (Å²) < 4.78 is 5.35. The normalized spacial score (nSPS) is 18.2. The molecule has 0 spiro atoms. The summed E-state index contributed by atoms with van der Waals surface area (Å²) in [6, 6.07) is 7.45. The maximum absolute atomic E-state index is 12.2. The van der Waals surface area contributed by atoms with Crippen LogP contribution in [0.2, 0.25) is 0 Å². The molecule has 1 unspecified atom stereocenters. The number of benzene rings is 1. The molecule has 1 aromatic carbocycles. The zero-order valence-electron chi connectivity index (χ0n) is 13.7. The van der Waals surface area contributed by atoms with Gasteiger partial charge in [0, 0.05) is 24.7 Å². The average Bonchev–Trinajstić information content (AvgIpc) is 2.85. The van der Waals surface area contributed by atoms with Gasteiger partial charge >= 0.3 is 6.09 Å². The molecule has 22 heavy (non-hydrogen) atoms. The summed E-state index contributed by atoms with van der Waals surface area (Å²) in [6.45, 7) is 8.59. The van der Waals surface area contributed by atoms with Crippen molar-refractivity contribution in [2.45, 2.75) is 45.8 Å². The Morgan fingerprint density at radius 1 is 1.32 bits per heavy atom. The molecule has 5 nitrogen and oxygen atoms in total. The molecule has 0 radical (unpaired) electrons. The number of nitrogens with zero attached hydrogens (tertiary/aromatic N) is 1. The maximum Gasteiger partial charge on any atom is 0.410 e. The lowest BCUT2D eigenvalue weighted by molar-refractivity contribution is 0.0290. The topological polar surface area (TPSA) is 58.6 Å². The lowest BCUT2D eigenvalue weighted by Gasteiger charge is -2.24. The molecule has 1 saturated heterocycles. The van der Waals surface area contributed by atoms with Gasteiger partial charge in [-0.15, -0.1) is 0 Å². The van der Waals surface area contributed by atoms with E-state index in [9.17, 15) is 9.59 Å². The van der Waals surface area contributed by atoms with Gasteiger partial charge in [0.15, 0.2) is 0 Å². The highest BCUT2D eigenvalue weighted by Gasteiger charge is 2.30. The van der Waals surface area contributed by atoms with Crippen LogP contribution in [-0.2, 0) is 4.74 Å². The zero-order chi connectivity index (χ0) is 16.3. The summed E-state index contributed by atoms with van der Waals surface area (Å²) >= 11 is 0. The molecule has 2 amide bonds. The van der Waals surface area contributed by atoms with E-state index < -0.39 is 5.60 Å². The monoisotopic (exact) mass is 304 g/mol. The predicted molar refractivity (Wildman–Crippen MR) is 84.9 cm³/mol. The third-order valence-electron chi connectivity index (χ3n) is 3.46. The first-order valence-corrected chi connectivity index (χ1v) is 7.60. The number of hydrogen-bond acceptors (Lipinski definition) is 3.